The molecule has 0 aliphatic carbocycles. The van der Waals surface area contributed by atoms with Gasteiger partial charge in [-0.2, -0.15) is 0 Å². The molecule has 1 aliphatic heterocycles. The molecule has 3 aromatic rings. The molecule has 0 fully saturated rings. The summed E-state index contributed by atoms with van der Waals surface area (Å²) in [6.07, 6.45) is 1.07. The maximum Gasteiger partial charge on any atom is 0.270 e. The predicted molar refractivity (Wildman–Crippen MR) is 117 cm³/mol. The molecule has 0 saturated carbocycles. The number of benzene rings is 1. The van der Waals surface area contributed by atoms with Crippen molar-refractivity contribution in [1.82, 2.24) is 20.3 Å². The van der Waals surface area contributed by atoms with Gasteiger partial charge in [0.15, 0.2) is 17.7 Å². The second-order valence-corrected chi connectivity index (χ2v) is 8.27. The van der Waals surface area contributed by atoms with Crippen molar-refractivity contribution >= 4 is 22.7 Å². The largest absolute Gasteiger partial charge is 0.768 e. The van der Waals surface area contributed by atoms with Crippen molar-refractivity contribution in [3.05, 3.63) is 76.9 Å². The number of aryl methyl sites for hydroxylation is 1. The molecule has 1 N–H and O–H groups in total. The molecule has 0 spiro atoms. The van der Waals surface area contributed by atoms with Crippen LogP contribution in [-0.2, 0) is 22.5 Å². The Balaban J connectivity index is 1.44. The molecule has 0 saturated heterocycles. The number of hydrogen-bond donors (Lipinski definition) is 1. The molecule has 10 nitrogen and oxygen atoms in total. The molecule has 0 bridgehead atoms. The summed E-state index contributed by atoms with van der Waals surface area (Å²) in [7, 11) is 1.37. The average Bonchev–Trinajstić information content (AvgIpc) is 3.33. The van der Waals surface area contributed by atoms with Crippen LogP contribution in [0.3, 0.4) is 0 Å². The molecule has 4 rings (SSSR count). The summed E-state index contributed by atoms with van der Waals surface area (Å²) >= 11 is -2.36. The van der Waals surface area contributed by atoms with E-state index >= 15 is 0 Å². The summed E-state index contributed by atoms with van der Waals surface area (Å²) in [6.45, 7) is 1.80. The van der Waals surface area contributed by atoms with Crippen molar-refractivity contribution in [1.29, 1.82) is 0 Å². The van der Waals surface area contributed by atoms with Crippen LogP contribution in [-0.4, -0.2) is 42.4 Å². The number of methoxy groups -OCH3 is 1. The zero-order valence-electron chi connectivity index (χ0n) is 18.1. The lowest BCUT2D eigenvalue weighted by atomic mass is 10.1. The van der Waals surface area contributed by atoms with Crippen LogP contribution >= 0.6 is 0 Å². The van der Waals surface area contributed by atoms with Gasteiger partial charge in [0.05, 0.1) is 18.5 Å². The molecule has 12 heteroatoms. The quantitative estimate of drug-likeness (QED) is 0.504. The SMILES string of the molecule is COc1cc(CNC(=O)c2cc(C3=NOC(c4ccc(S(=O)[O-])cn4)C3)nc(C)n2)ccc1F. The van der Waals surface area contributed by atoms with E-state index in [1.807, 2.05) is 0 Å². The van der Waals surface area contributed by atoms with Gasteiger partial charge in [-0.05, 0) is 53.9 Å². The summed E-state index contributed by atoms with van der Waals surface area (Å²) in [5.41, 5.74) is 2.26. The van der Waals surface area contributed by atoms with Gasteiger partial charge in [0.2, 0.25) is 0 Å². The summed E-state index contributed by atoms with van der Waals surface area (Å²) in [5.74, 6) is -0.462. The molecule has 34 heavy (non-hydrogen) atoms. The van der Waals surface area contributed by atoms with Gasteiger partial charge in [-0.3, -0.25) is 14.0 Å². The molecule has 3 heterocycles. The zero-order chi connectivity index (χ0) is 24.2. The summed E-state index contributed by atoms with van der Waals surface area (Å²) in [4.78, 5) is 30.9. The minimum Gasteiger partial charge on any atom is -0.768 e. The molecule has 2 aromatic heterocycles. The number of aromatic nitrogens is 3. The Morgan fingerprint density at radius 2 is 2.12 bits per heavy atom. The van der Waals surface area contributed by atoms with E-state index in [0.29, 0.717) is 34.9 Å². The van der Waals surface area contributed by atoms with Gasteiger partial charge in [-0.1, -0.05) is 11.2 Å². The maximum absolute atomic E-state index is 13.6. The lowest BCUT2D eigenvalue weighted by Crippen LogP contribution is -2.25. The van der Waals surface area contributed by atoms with E-state index < -0.39 is 28.9 Å². The number of pyridine rings is 1. The first kappa shape index (κ1) is 23.4. The van der Waals surface area contributed by atoms with Crippen LogP contribution in [0.15, 0.2) is 52.6 Å². The van der Waals surface area contributed by atoms with Gasteiger partial charge in [0.1, 0.15) is 17.2 Å². The highest BCUT2D eigenvalue weighted by Crippen LogP contribution is 2.28. The Bertz CT molecular complexity index is 1290. The second kappa shape index (κ2) is 10.0. The fraction of sp³-hybridized carbons (Fsp3) is 0.227. The summed E-state index contributed by atoms with van der Waals surface area (Å²) < 4.78 is 40.5. The number of carbonyl (C=O) groups is 1. The minimum atomic E-state index is -2.36. The number of rotatable bonds is 7. The van der Waals surface area contributed by atoms with Gasteiger partial charge >= 0.3 is 0 Å². The lowest BCUT2D eigenvalue weighted by molar-refractivity contribution is 0.0825. The van der Waals surface area contributed by atoms with E-state index in [0.717, 1.165) is 0 Å². The smallest absolute Gasteiger partial charge is 0.270 e. The summed E-state index contributed by atoms with van der Waals surface area (Å²) in [5, 5.41) is 6.81. The van der Waals surface area contributed by atoms with E-state index in [-0.39, 0.29) is 22.9 Å². The third kappa shape index (κ3) is 5.24. The topological polar surface area (TPSA) is 139 Å². The van der Waals surface area contributed by atoms with Crippen molar-refractivity contribution < 1.29 is 27.5 Å². The fourth-order valence-corrected chi connectivity index (χ4v) is 3.60. The molecular weight excluding hydrogens is 465 g/mol. The first-order chi connectivity index (χ1) is 16.3. The minimum absolute atomic E-state index is 0.0732. The van der Waals surface area contributed by atoms with Crippen LogP contribution in [0.25, 0.3) is 0 Å². The third-order valence-electron chi connectivity index (χ3n) is 4.99. The Labute approximate surface area is 196 Å². The van der Waals surface area contributed by atoms with Crippen LogP contribution in [0.2, 0.25) is 0 Å². The summed E-state index contributed by atoms with van der Waals surface area (Å²) in [6, 6.07) is 8.82. The number of nitrogens with one attached hydrogen (secondary N) is 1. The van der Waals surface area contributed by atoms with Crippen LogP contribution in [0.4, 0.5) is 4.39 Å². The Morgan fingerprint density at radius 3 is 2.82 bits per heavy atom. The Hall–Kier alpha value is -3.77. The normalized spacial score (nSPS) is 15.9. The van der Waals surface area contributed by atoms with Crippen molar-refractivity contribution in [2.24, 2.45) is 5.16 Å². The number of halogens is 1. The predicted octanol–water partition coefficient (Wildman–Crippen LogP) is 2.36. The number of amides is 1. The van der Waals surface area contributed by atoms with Crippen molar-refractivity contribution in [3.63, 3.8) is 0 Å². The van der Waals surface area contributed by atoms with E-state index in [1.54, 1.807) is 19.1 Å². The van der Waals surface area contributed by atoms with Crippen LogP contribution in [0.1, 0.15) is 45.8 Å². The van der Waals surface area contributed by atoms with Gasteiger partial charge in [-0.15, -0.1) is 0 Å². The van der Waals surface area contributed by atoms with E-state index in [9.17, 15) is 17.9 Å². The lowest BCUT2D eigenvalue weighted by Gasteiger charge is -2.10. The van der Waals surface area contributed by atoms with Gasteiger partial charge in [0, 0.05) is 24.1 Å². The molecular formula is C22H19FN5O5S-. The molecule has 2 atom stereocenters. The standard InChI is InChI=1S/C22H20FN5O5S/c1-12-26-17(18-9-21(33-28-18)16-6-4-14(11-24-16)34(30)31)8-19(27-12)22(29)25-10-13-3-5-15(23)20(7-13)32-2/h3-8,11,21H,9-10H2,1-2H3,(H,25,29)(H,30,31)/p-1. The number of hydrogen-bond acceptors (Lipinski definition) is 9. The van der Waals surface area contributed by atoms with Crippen molar-refractivity contribution in [2.45, 2.75) is 30.9 Å². The molecule has 1 amide bonds. The van der Waals surface area contributed by atoms with Crippen LogP contribution in [0, 0.1) is 12.7 Å². The Morgan fingerprint density at radius 1 is 1.29 bits per heavy atom. The van der Waals surface area contributed by atoms with Gasteiger partial charge in [-0.25, -0.2) is 14.4 Å². The number of ether oxygens (including phenoxy) is 1. The zero-order valence-corrected chi connectivity index (χ0v) is 19.0. The van der Waals surface area contributed by atoms with Gasteiger partial charge < -0.3 is 19.4 Å². The van der Waals surface area contributed by atoms with Crippen LogP contribution in [0.5, 0.6) is 5.75 Å². The number of carbonyl (C=O) groups excluding carboxylic acids is 1. The molecule has 1 aliphatic rings. The highest BCUT2D eigenvalue weighted by atomic mass is 32.2. The first-order valence-corrected chi connectivity index (χ1v) is 11.2. The average molecular weight is 484 g/mol. The van der Waals surface area contributed by atoms with Gasteiger partial charge in [0.25, 0.3) is 5.91 Å². The highest BCUT2D eigenvalue weighted by molar-refractivity contribution is 7.79. The van der Waals surface area contributed by atoms with E-state index in [1.165, 1.54) is 37.6 Å². The van der Waals surface area contributed by atoms with E-state index in [2.05, 4.69) is 25.4 Å². The molecule has 2 unspecified atom stereocenters. The van der Waals surface area contributed by atoms with Crippen molar-refractivity contribution in [2.75, 3.05) is 7.11 Å². The second-order valence-electron chi connectivity index (χ2n) is 7.33. The van der Waals surface area contributed by atoms with E-state index in [4.69, 9.17) is 9.57 Å². The Kier molecular flexibility index (Phi) is 6.89. The third-order valence-corrected chi connectivity index (χ3v) is 5.61. The first-order valence-electron chi connectivity index (χ1n) is 10.1. The number of nitrogens with zero attached hydrogens (tertiary/aromatic N) is 4. The molecule has 176 valence electrons. The fourth-order valence-electron chi connectivity index (χ4n) is 3.29. The molecule has 1 aromatic carbocycles. The van der Waals surface area contributed by atoms with Crippen molar-refractivity contribution in [3.8, 4) is 5.75 Å². The maximum atomic E-state index is 13.6. The molecule has 0 radical (unpaired) electrons. The van der Waals surface area contributed by atoms with Crippen LogP contribution < -0.4 is 10.1 Å². The monoisotopic (exact) mass is 484 g/mol. The number of oxime groups is 1. The highest BCUT2D eigenvalue weighted by Gasteiger charge is 2.27.